The van der Waals surface area contributed by atoms with Crippen LogP contribution in [-0.4, -0.2) is 26.6 Å². The van der Waals surface area contributed by atoms with Crippen LogP contribution in [0.25, 0.3) is 0 Å². The number of rotatable bonds is 4. The van der Waals surface area contributed by atoms with Crippen molar-refractivity contribution in [1.82, 2.24) is 10.5 Å². The molecule has 1 atom stereocenters. The quantitative estimate of drug-likeness (QED) is 0.499. The van der Waals surface area contributed by atoms with Gasteiger partial charge < -0.3 is 10.5 Å². The van der Waals surface area contributed by atoms with Crippen molar-refractivity contribution >= 4 is 7.98 Å². The second-order valence-electron chi connectivity index (χ2n) is 2.78. The highest BCUT2D eigenvalue weighted by atomic mass is 15.0. The zero-order valence-electron chi connectivity index (χ0n) is 6.86. The van der Waals surface area contributed by atoms with E-state index in [4.69, 9.17) is 0 Å². The molecule has 3 heteroatoms. The van der Waals surface area contributed by atoms with Crippen molar-refractivity contribution in [2.45, 2.75) is 32.9 Å². The fourth-order valence-corrected chi connectivity index (χ4v) is 0.934. The normalized spacial score (nSPS) is 14.2. The number of hydrogen-bond donors (Lipinski definition) is 2. The Morgan fingerprint density at radius 2 is 1.89 bits per heavy atom. The molecule has 0 aromatic heterocycles. The zero-order chi connectivity index (χ0) is 7.28. The van der Waals surface area contributed by atoms with Gasteiger partial charge in [0.15, 0.2) is 7.98 Å². The van der Waals surface area contributed by atoms with E-state index >= 15 is 0 Å². The summed E-state index contributed by atoms with van der Waals surface area (Å²) < 4.78 is 0. The average molecular weight is 128 g/mol. The Labute approximate surface area is 58.8 Å². The van der Waals surface area contributed by atoms with Crippen LogP contribution in [-0.2, 0) is 0 Å². The molecule has 0 aromatic rings. The molecule has 0 fully saturated rings. The van der Waals surface area contributed by atoms with Gasteiger partial charge in [-0.1, -0.05) is 13.8 Å². The standard InChI is InChI=1S/C6H17BN2/c1-5(2)9-6(3)4-8-7/h5-6,8-9H,4,7H2,1-3H3. The monoisotopic (exact) mass is 128 g/mol. The van der Waals surface area contributed by atoms with Crippen LogP contribution < -0.4 is 10.5 Å². The summed E-state index contributed by atoms with van der Waals surface area (Å²) >= 11 is 0. The molecule has 0 rings (SSSR count). The molecule has 54 valence electrons. The van der Waals surface area contributed by atoms with Gasteiger partial charge in [0.2, 0.25) is 0 Å². The molecule has 2 nitrogen and oxygen atoms in total. The smallest absolute Gasteiger partial charge is 0.182 e. The maximum atomic E-state index is 3.38. The van der Waals surface area contributed by atoms with Crippen LogP contribution in [0.2, 0.25) is 0 Å². The van der Waals surface area contributed by atoms with Gasteiger partial charge in [-0.3, -0.25) is 0 Å². The summed E-state index contributed by atoms with van der Waals surface area (Å²) in [5.74, 6) is 0. The van der Waals surface area contributed by atoms with Gasteiger partial charge in [-0.05, 0) is 13.5 Å². The molecule has 1 unspecified atom stereocenters. The Hall–Kier alpha value is -0.0151. The number of hydrogen-bond acceptors (Lipinski definition) is 2. The fraction of sp³-hybridized carbons (Fsp3) is 1.00. The van der Waals surface area contributed by atoms with E-state index in [9.17, 15) is 0 Å². The molecule has 0 aliphatic heterocycles. The van der Waals surface area contributed by atoms with Gasteiger partial charge in [0, 0.05) is 12.1 Å². The molecule has 0 spiro atoms. The predicted molar refractivity (Wildman–Crippen MR) is 44.3 cm³/mol. The van der Waals surface area contributed by atoms with E-state index in [1.807, 2.05) is 7.98 Å². The molecule has 9 heavy (non-hydrogen) atoms. The van der Waals surface area contributed by atoms with Crippen molar-refractivity contribution in [3.05, 3.63) is 0 Å². The Morgan fingerprint density at radius 3 is 2.22 bits per heavy atom. The van der Waals surface area contributed by atoms with Crippen molar-refractivity contribution < 1.29 is 0 Å². The maximum Gasteiger partial charge on any atom is 0.182 e. The third-order valence-corrected chi connectivity index (χ3v) is 1.13. The van der Waals surface area contributed by atoms with Crippen LogP contribution in [0.4, 0.5) is 0 Å². The molecule has 0 bridgehead atoms. The van der Waals surface area contributed by atoms with Crippen LogP contribution >= 0.6 is 0 Å². The van der Waals surface area contributed by atoms with E-state index in [2.05, 4.69) is 31.3 Å². The Balaban J connectivity index is 3.15. The van der Waals surface area contributed by atoms with Gasteiger partial charge in [0.25, 0.3) is 0 Å². The molecule has 0 saturated heterocycles. The Bertz CT molecular complexity index is 66.1. The molecular weight excluding hydrogens is 111 g/mol. The summed E-state index contributed by atoms with van der Waals surface area (Å²) in [7, 11) is 1.97. The summed E-state index contributed by atoms with van der Waals surface area (Å²) in [5, 5.41) is 6.49. The molecular formula is C6H17BN2. The van der Waals surface area contributed by atoms with Gasteiger partial charge in [-0.15, -0.1) is 0 Å². The average Bonchev–Trinajstić information content (AvgIpc) is 1.63. The maximum absolute atomic E-state index is 3.38. The van der Waals surface area contributed by atoms with E-state index in [1.165, 1.54) is 0 Å². The van der Waals surface area contributed by atoms with E-state index in [-0.39, 0.29) is 0 Å². The summed E-state index contributed by atoms with van der Waals surface area (Å²) in [6.45, 7) is 7.53. The van der Waals surface area contributed by atoms with Gasteiger partial charge in [-0.25, -0.2) is 0 Å². The minimum absolute atomic E-state index is 0.579. The topological polar surface area (TPSA) is 24.1 Å². The van der Waals surface area contributed by atoms with Gasteiger partial charge in [0.1, 0.15) is 0 Å². The summed E-state index contributed by atoms with van der Waals surface area (Å²) in [6.07, 6.45) is 0. The third-order valence-electron chi connectivity index (χ3n) is 1.13. The lowest BCUT2D eigenvalue weighted by Crippen LogP contribution is -2.39. The highest BCUT2D eigenvalue weighted by molar-refractivity contribution is 6.04. The minimum atomic E-state index is 0.579. The second kappa shape index (κ2) is 4.83. The van der Waals surface area contributed by atoms with Crippen LogP contribution in [0.15, 0.2) is 0 Å². The van der Waals surface area contributed by atoms with Crippen LogP contribution in [0.1, 0.15) is 20.8 Å². The molecule has 0 radical (unpaired) electrons. The highest BCUT2D eigenvalue weighted by Gasteiger charge is 1.99. The first-order valence-electron chi connectivity index (χ1n) is 3.57. The largest absolute Gasteiger partial charge is 0.361 e. The van der Waals surface area contributed by atoms with Crippen molar-refractivity contribution in [2.75, 3.05) is 6.54 Å². The van der Waals surface area contributed by atoms with Crippen LogP contribution in [0.3, 0.4) is 0 Å². The molecule has 0 amide bonds. The predicted octanol–water partition coefficient (Wildman–Crippen LogP) is -0.489. The molecule has 0 aromatic carbocycles. The van der Waals surface area contributed by atoms with E-state index in [0.717, 1.165) is 6.54 Å². The first kappa shape index (κ1) is 8.98. The van der Waals surface area contributed by atoms with E-state index < -0.39 is 0 Å². The SMILES string of the molecule is BNCC(C)NC(C)C. The lowest BCUT2D eigenvalue weighted by molar-refractivity contribution is 0.487. The third kappa shape index (κ3) is 5.86. The zero-order valence-corrected chi connectivity index (χ0v) is 6.86. The lowest BCUT2D eigenvalue weighted by atomic mass is 10.2. The van der Waals surface area contributed by atoms with Gasteiger partial charge in [-0.2, -0.15) is 0 Å². The molecule has 2 N–H and O–H groups in total. The van der Waals surface area contributed by atoms with Gasteiger partial charge >= 0.3 is 0 Å². The Kier molecular flexibility index (Phi) is 4.82. The van der Waals surface area contributed by atoms with Crippen molar-refractivity contribution in [3.63, 3.8) is 0 Å². The molecule has 0 saturated carbocycles. The van der Waals surface area contributed by atoms with Gasteiger partial charge in [0.05, 0.1) is 0 Å². The van der Waals surface area contributed by atoms with E-state index in [1.54, 1.807) is 0 Å². The molecule has 0 aliphatic carbocycles. The van der Waals surface area contributed by atoms with E-state index in [0.29, 0.717) is 12.1 Å². The van der Waals surface area contributed by atoms with Crippen molar-refractivity contribution in [3.8, 4) is 0 Å². The minimum Gasteiger partial charge on any atom is -0.361 e. The first-order valence-corrected chi connectivity index (χ1v) is 3.57. The van der Waals surface area contributed by atoms with Crippen molar-refractivity contribution in [2.24, 2.45) is 0 Å². The molecule has 0 heterocycles. The van der Waals surface area contributed by atoms with Crippen LogP contribution in [0, 0.1) is 0 Å². The fourth-order valence-electron chi connectivity index (χ4n) is 0.934. The van der Waals surface area contributed by atoms with Crippen LogP contribution in [0.5, 0.6) is 0 Å². The summed E-state index contributed by atoms with van der Waals surface area (Å²) in [4.78, 5) is 0. The first-order chi connectivity index (χ1) is 4.16. The second-order valence-corrected chi connectivity index (χ2v) is 2.78. The lowest BCUT2D eigenvalue weighted by Gasteiger charge is -2.15. The highest BCUT2D eigenvalue weighted by Crippen LogP contribution is 1.82. The summed E-state index contributed by atoms with van der Waals surface area (Å²) in [6, 6.07) is 1.17. The Morgan fingerprint density at radius 1 is 1.33 bits per heavy atom. The number of nitrogens with one attached hydrogen (secondary N) is 2. The summed E-state index contributed by atoms with van der Waals surface area (Å²) in [5.41, 5.74) is 0. The van der Waals surface area contributed by atoms with Crippen molar-refractivity contribution in [1.29, 1.82) is 0 Å². The molecule has 0 aliphatic rings.